The third kappa shape index (κ3) is 3.12. The van der Waals surface area contributed by atoms with Crippen LogP contribution in [-0.4, -0.2) is 21.4 Å². The highest BCUT2D eigenvalue weighted by Gasteiger charge is 2.21. The molecule has 2 aromatic rings. The van der Waals surface area contributed by atoms with E-state index < -0.39 is 0 Å². The molecule has 1 aromatic heterocycles. The summed E-state index contributed by atoms with van der Waals surface area (Å²) >= 11 is 12.2. The van der Waals surface area contributed by atoms with Crippen LogP contribution in [0.3, 0.4) is 0 Å². The molecule has 0 radical (unpaired) electrons. The van der Waals surface area contributed by atoms with Crippen molar-refractivity contribution < 1.29 is 0 Å². The number of fused-ring (bicyclic) bond motifs is 1. The van der Waals surface area contributed by atoms with E-state index in [2.05, 4.69) is 14.9 Å². The predicted molar refractivity (Wildman–Crippen MR) is 83.9 cm³/mol. The first-order valence-corrected chi connectivity index (χ1v) is 7.53. The standard InChI is InChI=1S/C15H15Cl2N3O/c1-9-18-14-8-20(5-4-12(14)15(21)19-9)7-10-6-11(16)2-3-13(10)17/h2-3,6H,4-5,7-8H2,1H3,(H,18,19,21). The van der Waals surface area contributed by atoms with Gasteiger partial charge in [0.1, 0.15) is 5.82 Å². The Labute approximate surface area is 132 Å². The molecule has 1 aliphatic rings. The summed E-state index contributed by atoms with van der Waals surface area (Å²) in [5, 5.41) is 1.39. The van der Waals surface area contributed by atoms with Gasteiger partial charge >= 0.3 is 0 Å². The molecule has 2 heterocycles. The number of H-pyrrole nitrogens is 1. The van der Waals surface area contributed by atoms with Gasteiger partial charge in [-0.3, -0.25) is 9.69 Å². The van der Waals surface area contributed by atoms with Gasteiger partial charge in [0.15, 0.2) is 0 Å². The van der Waals surface area contributed by atoms with E-state index in [4.69, 9.17) is 23.2 Å². The molecule has 0 unspecified atom stereocenters. The third-order valence-corrected chi connectivity index (χ3v) is 4.28. The molecule has 0 saturated heterocycles. The summed E-state index contributed by atoms with van der Waals surface area (Å²) in [5.74, 6) is 0.654. The molecule has 21 heavy (non-hydrogen) atoms. The van der Waals surface area contributed by atoms with Crippen molar-refractivity contribution in [2.45, 2.75) is 26.4 Å². The average Bonchev–Trinajstić information content (AvgIpc) is 2.42. The molecular weight excluding hydrogens is 309 g/mol. The molecule has 0 saturated carbocycles. The summed E-state index contributed by atoms with van der Waals surface area (Å²) in [6.07, 6.45) is 0.704. The number of halogens is 2. The van der Waals surface area contributed by atoms with E-state index in [1.165, 1.54) is 0 Å². The maximum absolute atomic E-state index is 11.9. The van der Waals surface area contributed by atoms with Crippen molar-refractivity contribution in [2.24, 2.45) is 0 Å². The van der Waals surface area contributed by atoms with E-state index in [9.17, 15) is 4.79 Å². The molecule has 4 nitrogen and oxygen atoms in total. The summed E-state index contributed by atoms with van der Waals surface area (Å²) in [4.78, 5) is 21.3. The lowest BCUT2D eigenvalue weighted by atomic mass is 10.1. The van der Waals surface area contributed by atoms with E-state index in [0.29, 0.717) is 35.4 Å². The van der Waals surface area contributed by atoms with Crippen LogP contribution in [0.5, 0.6) is 0 Å². The largest absolute Gasteiger partial charge is 0.311 e. The number of hydrogen-bond acceptors (Lipinski definition) is 3. The van der Waals surface area contributed by atoms with Gasteiger partial charge in [0, 0.05) is 35.2 Å². The topological polar surface area (TPSA) is 49.0 Å². The Bertz CT molecular complexity index is 742. The van der Waals surface area contributed by atoms with Crippen LogP contribution >= 0.6 is 23.2 Å². The lowest BCUT2D eigenvalue weighted by molar-refractivity contribution is 0.240. The predicted octanol–water partition coefficient (Wildman–Crippen LogP) is 2.94. The van der Waals surface area contributed by atoms with Crippen molar-refractivity contribution >= 4 is 23.2 Å². The SMILES string of the molecule is Cc1nc2c(c(=O)[nH]1)CCN(Cc1cc(Cl)ccc1Cl)C2. The zero-order valence-corrected chi connectivity index (χ0v) is 13.1. The molecule has 0 aliphatic carbocycles. The molecule has 3 rings (SSSR count). The molecule has 110 valence electrons. The molecule has 1 aliphatic heterocycles. The quantitative estimate of drug-likeness (QED) is 0.924. The Morgan fingerprint density at radius 3 is 3.00 bits per heavy atom. The van der Waals surface area contributed by atoms with Crippen LogP contribution in [0.4, 0.5) is 0 Å². The van der Waals surface area contributed by atoms with Crippen molar-refractivity contribution in [1.82, 2.24) is 14.9 Å². The van der Waals surface area contributed by atoms with Crippen LogP contribution in [0.1, 0.15) is 22.6 Å². The van der Waals surface area contributed by atoms with E-state index in [1.54, 1.807) is 13.0 Å². The minimum atomic E-state index is -0.0158. The Kier molecular flexibility index (Phi) is 4.02. The Balaban J connectivity index is 1.83. The molecule has 0 spiro atoms. The molecule has 1 N–H and O–H groups in total. The molecule has 6 heteroatoms. The zero-order valence-electron chi connectivity index (χ0n) is 11.6. The third-order valence-electron chi connectivity index (χ3n) is 3.67. The van der Waals surface area contributed by atoms with Gasteiger partial charge in [-0.1, -0.05) is 23.2 Å². The number of nitrogens with one attached hydrogen (secondary N) is 1. The van der Waals surface area contributed by atoms with Crippen LogP contribution in [0.2, 0.25) is 10.0 Å². The van der Waals surface area contributed by atoms with Gasteiger partial charge in [-0.2, -0.15) is 0 Å². The average molecular weight is 324 g/mol. The Hall–Kier alpha value is -1.36. The van der Waals surface area contributed by atoms with Gasteiger partial charge in [-0.05, 0) is 37.1 Å². The summed E-state index contributed by atoms with van der Waals surface area (Å²) in [7, 11) is 0. The van der Waals surface area contributed by atoms with Crippen molar-refractivity contribution in [3.05, 3.63) is 61.2 Å². The van der Waals surface area contributed by atoms with Crippen LogP contribution in [-0.2, 0) is 19.5 Å². The number of aromatic nitrogens is 2. The van der Waals surface area contributed by atoms with Gasteiger partial charge in [0.05, 0.1) is 5.69 Å². The summed E-state index contributed by atoms with van der Waals surface area (Å²) < 4.78 is 0. The first-order valence-electron chi connectivity index (χ1n) is 6.78. The van der Waals surface area contributed by atoms with Crippen LogP contribution < -0.4 is 5.56 Å². The van der Waals surface area contributed by atoms with Crippen molar-refractivity contribution in [3.63, 3.8) is 0 Å². The molecular formula is C15H15Cl2N3O. The first-order chi connectivity index (χ1) is 10.0. The number of aromatic amines is 1. The number of hydrogen-bond donors (Lipinski definition) is 1. The minimum Gasteiger partial charge on any atom is -0.311 e. The van der Waals surface area contributed by atoms with Crippen LogP contribution in [0, 0.1) is 6.92 Å². The highest BCUT2D eigenvalue weighted by atomic mass is 35.5. The van der Waals surface area contributed by atoms with Gasteiger partial charge < -0.3 is 4.98 Å². The highest BCUT2D eigenvalue weighted by molar-refractivity contribution is 6.33. The van der Waals surface area contributed by atoms with Gasteiger partial charge in [0.2, 0.25) is 0 Å². The fourth-order valence-electron chi connectivity index (χ4n) is 2.66. The van der Waals surface area contributed by atoms with E-state index in [1.807, 2.05) is 12.1 Å². The molecule has 0 atom stereocenters. The second-order valence-corrected chi connectivity index (χ2v) is 6.12. The number of nitrogens with zero attached hydrogens (tertiary/aromatic N) is 2. The van der Waals surface area contributed by atoms with E-state index >= 15 is 0 Å². The smallest absolute Gasteiger partial charge is 0.254 e. The van der Waals surface area contributed by atoms with Gasteiger partial charge in [-0.15, -0.1) is 0 Å². The summed E-state index contributed by atoms with van der Waals surface area (Å²) in [6.45, 7) is 3.97. The maximum atomic E-state index is 11.9. The normalized spacial score (nSPS) is 15.0. The fraction of sp³-hybridized carbons (Fsp3) is 0.333. The Morgan fingerprint density at radius 1 is 1.38 bits per heavy atom. The number of aryl methyl sites for hydroxylation is 1. The second-order valence-electron chi connectivity index (χ2n) is 5.27. The van der Waals surface area contributed by atoms with Crippen LogP contribution in [0.15, 0.2) is 23.0 Å². The molecule has 0 amide bonds. The van der Waals surface area contributed by atoms with Gasteiger partial charge in [0.25, 0.3) is 5.56 Å². The van der Waals surface area contributed by atoms with E-state index in [0.717, 1.165) is 23.4 Å². The molecule has 1 aromatic carbocycles. The van der Waals surface area contributed by atoms with E-state index in [-0.39, 0.29) is 5.56 Å². The van der Waals surface area contributed by atoms with Crippen molar-refractivity contribution in [1.29, 1.82) is 0 Å². The van der Waals surface area contributed by atoms with Crippen LogP contribution in [0.25, 0.3) is 0 Å². The highest BCUT2D eigenvalue weighted by Crippen LogP contribution is 2.24. The Morgan fingerprint density at radius 2 is 2.19 bits per heavy atom. The molecule has 0 fully saturated rings. The van der Waals surface area contributed by atoms with Gasteiger partial charge in [-0.25, -0.2) is 4.98 Å². The monoisotopic (exact) mass is 323 g/mol. The minimum absolute atomic E-state index is 0.0158. The number of rotatable bonds is 2. The van der Waals surface area contributed by atoms with Crippen molar-refractivity contribution in [3.8, 4) is 0 Å². The van der Waals surface area contributed by atoms with Crippen molar-refractivity contribution in [2.75, 3.05) is 6.54 Å². The zero-order chi connectivity index (χ0) is 15.0. The summed E-state index contributed by atoms with van der Waals surface area (Å²) in [5.41, 5.74) is 2.64. The lowest BCUT2D eigenvalue weighted by Crippen LogP contribution is -2.35. The molecule has 0 bridgehead atoms. The summed E-state index contributed by atoms with van der Waals surface area (Å²) in [6, 6.07) is 5.48. The first kappa shape index (κ1) is 14.6. The second kappa shape index (κ2) is 5.79. The fourth-order valence-corrected chi connectivity index (χ4v) is 3.03. The lowest BCUT2D eigenvalue weighted by Gasteiger charge is -2.27. The maximum Gasteiger partial charge on any atom is 0.254 e. The number of benzene rings is 1.